The number of para-hydroxylation sites is 1. The number of hydrazine groups is 1. The first kappa shape index (κ1) is 13.7. The molecule has 2 aromatic heterocycles. The van der Waals surface area contributed by atoms with Crippen molar-refractivity contribution in [3.63, 3.8) is 0 Å². The Morgan fingerprint density at radius 3 is 2.81 bits per heavy atom. The van der Waals surface area contributed by atoms with Gasteiger partial charge in [0.05, 0.1) is 5.52 Å². The summed E-state index contributed by atoms with van der Waals surface area (Å²) in [6.45, 7) is 0. The Morgan fingerprint density at radius 2 is 2.00 bits per heavy atom. The molecule has 0 aliphatic carbocycles. The third-order valence-corrected chi connectivity index (χ3v) is 3.66. The number of fused-ring (bicyclic) bond motifs is 1. The van der Waals surface area contributed by atoms with Crippen LogP contribution >= 0.6 is 0 Å². The van der Waals surface area contributed by atoms with E-state index in [0.29, 0.717) is 0 Å². The normalized spacial score (nSPS) is 12.4. The van der Waals surface area contributed by atoms with Gasteiger partial charge in [-0.1, -0.05) is 24.3 Å². The van der Waals surface area contributed by atoms with Gasteiger partial charge in [-0.3, -0.25) is 21.2 Å². The smallest absolute Gasteiger partial charge is 0.0702 e. The largest absolute Gasteiger partial charge is 0.271 e. The van der Waals surface area contributed by atoms with E-state index in [2.05, 4.69) is 33.6 Å². The highest BCUT2D eigenvalue weighted by atomic mass is 15.2. The Morgan fingerprint density at radius 1 is 1.10 bits per heavy atom. The van der Waals surface area contributed by atoms with Crippen molar-refractivity contribution in [1.29, 1.82) is 0 Å². The molecule has 0 saturated heterocycles. The fraction of sp³-hybridized carbons (Fsp3) is 0.176. The van der Waals surface area contributed by atoms with Crippen molar-refractivity contribution in [3.05, 3.63) is 72.2 Å². The van der Waals surface area contributed by atoms with Gasteiger partial charge in [0.2, 0.25) is 0 Å². The molecule has 0 aliphatic rings. The molecule has 0 aliphatic heterocycles. The van der Waals surface area contributed by atoms with Gasteiger partial charge < -0.3 is 0 Å². The molecular weight excluding hydrogens is 260 g/mol. The second-order valence-corrected chi connectivity index (χ2v) is 5.08. The summed E-state index contributed by atoms with van der Waals surface area (Å²) in [4.78, 5) is 8.64. The second-order valence-electron chi connectivity index (χ2n) is 5.08. The summed E-state index contributed by atoms with van der Waals surface area (Å²) in [6.07, 6.45) is 7.41. The van der Waals surface area contributed by atoms with Crippen LogP contribution in [0.2, 0.25) is 0 Å². The molecular formula is C17H18N4. The van der Waals surface area contributed by atoms with Gasteiger partial charge in [0.1, 0.15) is 0 Å². The molecule has 0 radical (unpaired) electrons. The number of aryl methyl sites for hydroxylation is 1. The molecule has 0 saturated carbocycles. The number of rotatable bonds is 5. The first-order chi connectivity index (χ1) is 10.4. The third-order valence-electron chi connectivity index (χ3n) is 3.66. The molecule has 4 nitrogen and oxygen atoms in total. The van der Waals surface area contributed by atoms with Crippen LogP contribution < -0.4 is 11.3 Å². The van der Waals surface area contributed by atoms with E-state index in [1.807, 2.05) is 36.7 Å². The van der Waals surface area contributed by atoms with Crippen LogP contribution in [0.25, 0.3) is 10.9 Å². The molecule has 1 aromatic carbocycles. The molecule has 2 heterocycles. The van der Waals surface area contributed by atoms with Gasteiger partial charge in [-0.05, 0) is 42.2 Å². The van der Waals surface area contributed by atoms with E-state index in [1.54, 1.807) is 6.20 Å². The first-order valence-electron chi connectivity index (χ1n) is 7.06. The van der Waals surface area contributed by atoms with Crippen molar-refractivity contribution in [2.45, 2.75) is 18.9 Å². The topological polar surface area (TPSA) is 63.8 Å². The molecule has 0 fully saturated rings. The summed E-state index contributed by atoms with van der Waals surface area (Å²) in [6, 6.07) is 14.4. The van der Waals surface area contributed by atoms with E-state index in [0.717, 1.165) is 29.3 Å². The Bertz CT molecular complexity index is 712. The molecule has 3 aromatic rings. The van der Waals surface area contributed by atoms with Crippen LogP contribution in [0, 0.1) is 0 Å². The maximum Gasteiger partial charge on any atom is 0.0702 e. The van der Waals surface area contributed by atoms with E-state index in [1.165, 1.54) is 5.56 Å². The molecule has 0 amide bonds. The lowest BCUT2D eigenvalue weighted by Crippen LogP contribution is -2.28. The van der Waals surface area contributed by atoms with E-state index in [9.17, 15) is 0 Å². The molecule has 0 spiro atoms. The predicted molar refractivity (Wildman–Crippen MR) is 84.4 cm³/mol. The lowest BCUT2D eigenvalue weighted by molar-refractivity contribution is 0.515. The van der Waals surface area contributed by atoms with E-state index >= 15 is 0 Å². The van der Waals surface area contributed by atoms with Gasteiger partial charge in [-0.2, -0.15) is 0 Å². The summed E-state index contributed by atoms with van der Waals surface area (Å²) in [5, 5.41) is 1.14. The van der Waals surface area contributed by atoms with Crippen LogP contribution in [-0.4, -0.2) is 9.97 Å². The lowest BCUT2D eigenvalue weighted by Gasteiger charge is -2.16. The number of nitrogens with one attached hydrogen (secondary N) is 1. The number of nitrogens with two attached hydrogens (primary N) is 1. The molecule has 106 valence electrons. The Labute approximate surface area is 124 Å². The zero-order valence-electron chi connectivity index (χ0n) is 11.7. The van der Waals surface area contributed by atoms with Crippen molar-refractivity contribution in [2.75, 3.05) is 0 Å². The summed E-state index contributed by atoms with van der Waals surface area (Å²) < 4.78 is 0. The van der Waals surface area contributed by atoms with Gasteiger partial charge in [-0.25, -0.2) is 0 Å². The number of hydrogen-bond donors (Lipinski definition) is 2. The van der Waals surface area contributed by atoms with E-state index < -0.39 is 0 Å². The SMILES string of the molecule is NNC(CCc1cccnc1)c1cnc2ccccc2c1. The fourth-order valence-corrected chi connectivity index (χ4v) is 2.48. The van der Waals surface area contributed by atoms with Crippen molar-refractivity contribution >= 4 is 10.9 Å². The highest BCUT2D eigenvalue weighted by molar-refractivity contribution is 5.78. The molecule has 3 N–H and O–H groups in total. The number of hydrogen-bond acceptors (Lipinski definition) is 4. The minimum atomic E-state index is 0.0855. The average molecular weight is 278 g/mol. The zero-order valence-corrected chi connectivity index (χ0v) is 11.7. The zero-order chi connectivity index (χ0) is 14.5. The Balaban J connectivity index is 1.78. The maximum atomic E-state index is 5.72. The predicted octanol–water partition coefficient (Wildman–Crippen LogP) is 2.77. The minimum absolute atomic E-state index is 0.0855. The summed E-state index contributed by atoms with van der Waals surface area (Å²) in [5.41, 5.74) is 6.22. The summed E-state index contributed by atoms with van der Waals surface area (Å²) in [7, 11) is 0. The van der Waals surface area contributed by atoms with Crippen LogP contribution in [0.1, 0.15) is 23.6 Å². The van der Waals surface area contributed by atoms with Gasteiger partial charge in [0.15, 0.2) is 0 Å². The van der Waals surface area contributed by atoms with E-state index in [4.69, 9.17) is 5.84 Å². The minimum Gasteiger partial charge on any atom is -0.271 e. The third kappa shape index (κ3) is 3.24. The first-order valence-corrected chi connectivity index (χ1v) is 7.06. The fourth-order valence-electron chi connectivity index (χ4n) is 2.48. The molecule has 1 atom stereocenters. The van der Waals surface area contributed by atoms with Gasteiger partial charge in [-0.15, -0.1) is 0 Å². The summed E-state index contributed by atoms with van der Waals surface area (Å²) in [5.74, 6) is 5.72. The summed E-state index contributed by atoms with van der Waals surface area (Å²) >= 11 is 0. The quantitative estimate of drug-likeness (QED) is 0.556. The Kier molecular flexibility index (Phi) is 4.19. The van der Waals surface area contributed by atoms with E-state index in [-0.39, 0.29) is 6.04 Å². The van der Waals surface area contributed by atoms with Crippen LogP contribution in [0.4, 0.5) is 0 Å². The average Bonchev–Trinajstić information content (AvgIpc) is 2.56. The van der Waals surface area contributed by atoms with Crippen LogP contribution in [0.3, 0.4) is 0 Å². The lowest BCUT2D eigenvalue weighted by atomic mass is 10.0. The maximum absolute atomic E-state index is 5.72. The van der Waals surface area contributed by atoms with Gasteiger partial charge in [0.25, 0.3) is 0 Å². The van der Waals surface area contributed by atoms with Crippen molar-refractivity contribution < 1.29 is 0 Å². The van der Waals surface area contributed by atoms with Crippen LogP contribution in [0.15, 0.2) is 61.1 Å². The number of aromatic nitrogens is 2. The standard InChI is InChI=1S/C17H18N4/c18-21-17(8-7-13-4-3-9-19-11-13)15-10-14-5-1-2-6-16(14)20-12-15/h1-6,9-12,17,21H,7-8,18H2. The van der Waals surface area contributed by atoms with Gasteiger partial charge in [0, 0.05) is 30.0 Å². The number of pyridine rings is 2. The molecule has 21 heavy (non-hydrogen) atoms. The highest BCUT2D eigenvalue weighted by Crippen LogP contribution is 2.21. The highest BCUT2D eigenvalue weighted by Gasteiger charge is 2.11. The number of benzene rings is 1. The second kappa shape index (κ2) is 6.43. The van der Waals surface area contributed by atoms with Gasteiger partial charge >= 0.3 is 0 Å². The Hall–Kier alpha value is -2.30. The monoisotopic (exact) mass is 278 g/mol. The van der Waals surface area contributed by atoms with Crippen molar-refractivity contribution in [1.82, 2.24) is 15.4 Å². The molecule has 0 bridgehead atoms. The molecule has 4 heteroatoms. The van der Waals surface area contributed by atoms with Crippen LogP contribution in [-0.2, 0) is 6.42 Å². The van der Waals surface area contributed by atoms with Crippen LogP contribution in [0.5, 0.6) is 0 Å². The van der Waals surface area contributed by atoms with Crippen molar-refractivity contribution in [3.8, 4) is 0 Å². The number of nitrogens with zero attached hydrogens (tertiary/aromatic N) is 2. The molecule has 3 rings (SSSR count). The molecule has 1 unspecified atom stereocenters. The van der Waals surface area contributed by atoms with Crippen molar-refractivity contribution in [2.24, 2.45) is 5.84 Å².